The highest BCUT2D eigenvalue weighted by molar-refractivity contribution is 7.22. The number of ether oxygens (including phenoxy) is 3. The first-order valence-corrected chi connectivity index (χ1v) is 12.4. The van der Waals surface area contributed by atoms with Gasteiger partial charge in [-0.05, 0) is 42.3 Å². The van der Waals surface area contributed by atoms with E-state index in [1.54, 1.807) is 43.4 Å². The van der Waals surface area contributed by atoms with E-state index >= 15 is 0 Å². The summed E-state index contributed by atoms with van der Waals surface area (Å²) in [7, 11) is 3.18. The SMILES string of the molecule is COc1ccc(OC)c2sc(N(CCCN3CCOCC3)C(=O)/C=C/c3ccc([N+](=O)[O-])cc3)nc12. The number of fused-ring (bicyclic) bond motifs is 1. The number of anilines is 1. The molecule has 2 heterocycles. The number of non-ortho nitro benzene ring substituents is 1. The van der Waals surface area contributed by atoms with Crippen LogP contribution in [-0.2, 0) is 9.53 Å². The first kappa shape index (κ1) is 25.5. The predicted molar refractivity (Wildman–Crippen MR) is 139 cm³/mol. The Morgan fingerprint density at radius 3 is 2.53 bits per heavy atom. The van der Waals surface area contributed by atoms with Gasteiger partial charge in [-0.1, -0.05) is 11.3 Å². The number of thiazole rings is 1. The van der Waals surface area contributed by atoms with E-state index in [9.17, 15) is 14.9 Å². The van der Waals surface area contributed by atoms with E-state index < -0.39 is 4.92 Å². The second-order valence-electron chi connectivity index (χ2n) is 8.12. The van der Waals surface area contributed by atoms with Crippen LogP contribution in [0.4, 0.5) is 10.8 Å². The summed E-state index contributed by atoms with van der Waals surface area (Å²) >= 11 is 1.37. The molecule has 0 unspecified atom stereocenters. The van der Waals surface area contributed by atoms with Crippen LogP contribution in [0.25, 0.3) is 16.3 Å². The average molecular weight is 513 g/mol. The van der Waals surface area contributed by atoms with Crippen molar-refractivity contribution < 1.29 is 23.9 Å². The fraction of sp³-hybridized carbons (Fsp3) is 0.360. The third-order valence-corrected chi connectivity index (χ3v) is 6.97. The van der Waals surface area contributed by atoms with Gasteiger partial charge in [-0.2, -0.15) is 0 Å². The lowest BCUT2D eigenvalue weighted by molar-refractivity contribution is -0.384. The maximum absolute atomic E-state index is 13.4. The number of benzene rings is 2. The number of nitro groups is 1. The van der Waals surface area contributed by atoms with Crippen molar-refractivity contribution >= 4 is 44.4 Å². The summed E-state index contributed by atoms with van der Waals surface area (Å²) in [5.74, 6) is 1.04. The van der Waals surface area contributed by atoms with Gasteiger partial charge in [-0.25, -0.2) is 4.98 Å². The molecule has 36 heavy (non-hydrogen) atoms. The number of hydrogen-bond donors (Lipinski definition) is 0. The van der Waals surface area contributed by atoms with Crippen LogP contribution < -0.4 is 14.4 Å². The Hall–Kier alpha value is -3.54. The number of hydrogen-bond acceptors (Lipinski definition) is 9. The van der Waals surface area contributed by atoms with Gasteiger partial charge in [0.2, 0.25) is 0 Å². The Kier molecular flexibility index (Phi) is 8.47. The summed E-state index contributed by atoms with van der Waals surface area (Å²) < 4.78 is 17.2. The predicted octanol–water partition coefficient (Wildman–Crippen LogP) is 3.99. The molecule has 2 aromatic carbocycles. The smallest absolute Gasteiger partial charge is 0.269 e. The first-order chi connectivity index (χ1) is 17.5. The van der Waals surface area contributed by atoms with E-state index in [0.29, 0.717) is 34.3 Å². The van der Waals surface area contributed by atoms with Gasteiger partial charge in [0.05, 0.1) is 32.4 Å². The third-order valence-electron chi connectivity index (χ3n) is 5.88. The minimum absolute atomic E-state index is 0.000543. The number of nitro benzene ring substituents is 1. The van der Waals surface area contributed by atoms with Crippen molar-refractivity contribution in [1.82, 2.24) is 9.88 Å². The van der Waals surface area contributed by atoms with Crippen LogP contribution in [0.1, 0.15) is 12.0 Å². The highest BCUT2D eigenvalue weighted by Crippen LogP contribution is 2.40. The molecular weight excluding hydrogens is 484 g/mol. The molecule has 1 amide bonds. The van der Waals surface area contributed by atoms with Crippen molar-refractivity contribution in [2.75, 3.05) is 58.5 Å². The summed E-state index contributed by atoms with van der Waals surface area (Å²) in [6.45, 7) is 4.52. The van der Waals surface area contributed by atoms with Crippen molar-refractivity contribution in [3.8, 4) is 11.5 Å². The number of nitrogens with zero attached hydrogens (tertiary/aromatic N) is 4. The van der Waals surface area contributed by atoms with Crippen LogP contribution >= 0.6 is 11.3 Å². The highest BCUT2D eigenvalue weighted by atomic mass is 32.1. The molecule has 0 atom stereocenters. The topological polar surface area (TPSA) is 107 Å². The van der Waals surface area contributed by atoms with E-state index in [1.165, 1.54) is 29.5 Å². The molecule has 1 aliphatic heterocycles. The van der Waals surface area contributed by atoms with E-state index in [2.05, 4.69) is 4.90 Å². The standard InChI is InChI=1S/C25H28N4O6S/c1-33-20-9-10-21(34-2)24-23(20)26-25(36-24)28(13-3-12-27-14-16-35-17-15-27)22(30)11-6-18-4-7-19(8-5-18)29(31)32/h4-11H,3,12-17H2,1-2H3/b11-6+. The second kappa shape index (κ2) is 11.9. The molecule has 190 valence electrons. The van der Waals surface area contributed by atoms with Crippen LogP contribution in [0.2, 0.25) is 0 Å². The number of aromatic nitrogens is 1. The van der Waals surface area contributed by atoms with Crippen molar-refractivity contribution in [2.24, 2.45) is 0 Å². The van der Waals surface area contributed by atoms with Crippen molar-refractivity contribution in [2.45, 2.75) is 6.42 Å². The first-order valence-electron chi connectivity index (χ1n) is 11.6. The monoisotopic (exact) mass is 512 g/mol. The Morgan fingerprint density at radius 2 is 1.86 bits per heavy atom. The highest BCUT2D eigenvalue weighted by Gasteiger charge is 2.22. The van der Waals surface area contributed by atoms with Crippen LogP contribution in [0.15, 0.2) is 42.5 Å². The fourth-order valence-electron chi connectivity index (χ4n) is 3.93. The molecule has 1 fully saturated rings. The molecule has 4 rings (SSSR count). The maximum Gasteiger partial charge on any atom is 0.269 e. The Labute approximate surface area is 212 Å². The molecule has 0 N–H and O–H groups in total. The Balaban J connectivity index is 1.58. The fourth-order valence-corrected chi connectivity index (χ4v) is 5.04. The van der Waals surface area contributed by atoms with Crippen molar-refractivity contribution in [1.29, 1.82) is 0 Å². The van der Waals surface area contributed by atoms with E-state index in [0.717, 1.165) is 44.0 Å². The molecule has 0 saturated carbocycles. The molecule has 1 aliphatic rings. The number of rotatable bonds is 10. The average Bonchev–Trinajstić information content (AvgIpc) is 3.35. The van der Waals surface area contributed by atoms with Crippen molar-refractivity contribution in [3.05, 3.63) is 58.2 Å². The summed E-state index contributed by atoms with van der Waals surface area (Å²) in [6.07, 6.45) is 3.88. The molecule has 1 aromatic heterocycles. The van der Waals surface area contributed by atoms with Gasteiger partial charge in [0, 0.05) is 44.4 Å². The number of methoxy groups -OCH3 is 2. The van der Waals surface area contributed by atoms with Crippen LogP contribution in [-0.4, -0.2) is 74.3 Å². The molecule has 1 saturated heterocycles. The van der Waals surface area contributed by atoms with Gasteiger partial charge in [-0.3, -0.25) is 24.7 Å². The van der Waals surface area contributed by atoms with Gasteiger partial charge < -0.3 is 14.2 Å². The Morgan fingerprint density at radius 1 is 1.17 bits per heavy atom. The van der Waals surface area contributed by atoms with E-state index in [1.807, 2.05) is 6.07 Å². The zero-order valence-corrected chi connectivity index (χ0v) is 21.0. The van der Waals surface area contributed by atoms with Gasteiger partial charge in [0.25, 0.3) is 11.6 Å². The van der Waals surface area contributed by atoms with Crippen LogP contribution in [0.3, 0.4) is 0 Å². The molecule has 3 aromatic rings. The van der Waals surface area contributed by atoms with Gasteiger partial charge in [-0.15, -0.1) is 0 Å². The maximum atomic E-state index is 13.4. The minimum atomic E-state index is -0.454. The van der Waals surface area contributed by atoms with Crippen molar-refractivity contribution in [3.63, 3.8) is 0 Å². The zero-order chi connectivity index (χ0) is 25.5. The van der Waals surface area contributed by atoms with E-state index in [4.69, 9.17) is 19.2 Å². The van der Waals surface area contributed by atoms with E-state index in [-0.39, 0.29) is 11.6 Å². The number of carbonyl (C=O) groups is 1. The Bertz CT molecular complexity index is 1200. The van der Waals surface area contributed by atoms with Gasteiger partial charge in [0.1, 0.15) is 21.7 Å². The number of amides is 1. The lowest BCUT2D eigenvalue weighted by atomic mass is 10.2. The lowest BCUT2D eigenvalue weighted by Gasteiger charge is -2.27. The molecule has 0 aliphatic carbocycles. The molecule has 0 radical (unpaired) electrons. The summed E-state index contributed by atoms with van der Waals surface area (Å²) in [4.78, 5) is 32.5. The third kappa shape index (κ3) is 5.99. The number of carbonyl (C=O) groups excluding carboxylic acids is 1. The molecule has 11 heteroatoms. The summed E-state index contributed by atoms with van der Waals surface area (Å²) in [6, 6.07) is 9.66. The largest absolute Gasteiger partial charge is 0.495 e. The summed E-state index contributed by atoms with van der Waals surface area (Å²) in [5.41, 5.74) is 1.33. The normalized spacial score (nSPS) is 14.3. The minimum Gasteiger partial charge on any atom is -0.495 e. The molecule has 10 nitrogen and oxygen atoms in total. The second-order valence-corrected chi connectivity index (χ2v) is 9.10. The van der Waals surface area contributed by atoms with Gasteiger partial charge >= 0.3 is 0 Å². The summed E-state index contributed by atoms with van der Waals surface area (Å²) in [5, 5.41) is 11.4. The quantitative estimate of drug-likeness (QED) is 0.228. The zero-order valence-electron chi connectivity index (χ0n) is 20.2. The number of morpholine rings is 1. The van der Waals surface area contributed by atoms with Gasteiger partial charge in [0.15, 0.2) is 5.13 Å². The lowest BCUT2D eigenvalue weighted by Crippen LogP contribution is -2.39. The molecule has 0 spiro atoms. The molecular formula is C25H28N4O6S. The van der Waals surface area contributed by atoms with Crippen LogP contribution in [0.5, 0.6) is 11.5 Å². The van der Waals surface area contributed by atoms with Crippen LogP contribution in [0, 0.1) is 10.1 Å². The molecule has 0 bridgehead atoms.